The van der Waals surface area contributed by atoms with Gasteiger partial charge in [-0.2, -0.15) is 5.10 Å². The molecule has 6 nitrogen and oxygen atoms in total. The van der Waals surface area contributed by atoms with E-state index >= 15 is 0 Å². The maximum atomic E-state index is 12.0. The Bertz CT molecular complexity index is 462. The van der Waals surface area contributed by atoms with Crippen LogP contribution in [-0.2, 0) is 24.2 Å². The van der Waals surface area contributed by atoms with Crippen molar-refractivity contribution in [2.24, 2.45) is 0 Å². The fourth-order valence-electron chi connectivity index (χ4n) is 2.07. The summed E-state index contributed by atoms with van der Waals surface area (Å²) in [5.74, 6) is 0. The monoisotopic (exact) mass is 267 g/mol. The molecule has 19 heavy (non-hydrogen) atoms. The standard InChI is InChI=1S/C13H21N3O3/c1-13(2,3)19-12(18)15-5-4-11-10(8-15)9-16(14-11)6-7-17/h9,17H,4-8H2,1-3H3. The largest absolute Gasteiger partial charge is 0.444 e. The molecule has 1 N–H and O–H groups in total. The Labute approximate surface area is 113 Å². The minimum atomic E-state index is -0.474. The lowest BCUT2D eigenvalue weighted by Crippen LogP contribution is -2.39. The summed E-state index contributed by atoms with van der Waals surface area (Å²) in [5, 5.41) is 13.3. The Morgan fingerprint density at radius 1 is 1.53 bits per heavy atom. The number of aliphatic hydroxyl groups is 1. The first-order chi connectivity index (χ1) is 8.89. The van der Waals surface area contributed by atoms with E-state index in [4.69, 9.17) is 9.84 Å². The van der Waals surface area contributed by atoms with Gasteiger partial charge in [0.2, 0.25) is 0 Å². The highest BCUT2D eigenvalue weighted by molar-refractivity contribution is 5.68. The van der Waals surface area contributed by atoms with E-state index in [0.717, 1.165) is 17.7 Å². The van der Waals surface area contributed by atoms with Crippen molar-refractivity contribution >= 4 is 6.09 Å². The summed E-state index contributed by atoms with van der Waals surface area (Å²) < 4.78 is 7.09. The van der Waals surface area contributed by atoms with E-state index in [1.165, 1.54) is 0 Å². The summed E-state index contributed by atoms with van der Waals surface area (Å²) in [7, 11) is 0. The number of hydrogen-bond acceptors (Lipinski definition) is 4. The molecule has 1 aliphatic rings. The number of ether oxygens (including phenoxy) is 1. The maximum absolute atomic E-state index is 12.0. The zero-order chi connectivity index (χ0) is 14.0. The lowest BCUT2D eigenvalue weighted by molar-refractivity contribution is 0.0223. The minimum absolute atomic E-state index is 0.0658. The van der Waals surface area contributed by atoms with E-state index in [9.17, 15) is 4.79 Å². The maximum Gasteiger partial charge on any atom is 0.410 e. The van der Waals surface area contributed by atoms with Gasteiger partial charge in [0.15, 0.2) is 0 Å². The Kier molecular flexibility index (Phi) is 3.80. The highest BCUT2D eigenvalue weighted by Gasteiger charge is 2.27. The Balaban J connectivity index is 2.03. The van der Waals surface area contributed by atoms with Crippen LogP contribution in [0.25, 0.3) is 0 Å². The van der Waals surface area contributed by atoms with Crippen LogP contribution in [0.1, 0.15) is 32.0 Å². The van der Waals surface area contributed by atoms with Gasteiger partial charge in [-0.3, -0.25) is 4.68 Å². The van der Waals surface area contributed by atoms with Crippen molar-refractivity contribution in [1.29, 1.82) is 0 Å². The van der Waals surface area contributed by atoms with Gasteiger partial charge >= 0.3 is 6.09 Å². The van der Waals surface area contributed by atoms with Crippen LogP contribution in [0.5, 0.6) is 0 Å². The molecule has 1 aliphatic heterocycles. The Hall–Kier alpha value is -1.56. The highest BCUT2D eigenvalue weighted by Crippen LogP contribution is 2.19. The molecule has 0 bridgehead atoms. The predicted octanol–water partition coefficient (Wildman–Crippen LogP) is 1.17. The zero-order valence-electron chi connectivity index (χ0n) is 11.7. The number of aliphatic hydroxyl groups excluding tert-OH is 1. The van der Waals surface area contributed by atoms with Crippen molar-refractivity contribution in [3.05, 3.63) is 17.5 Å². The third kappa shape index (κ3) is 3.47. The van der Waals surface area contributed by atoms with Crippen LogP contribution in [0.2, 0.25) is 0 Å². The van der Waals surface area contributed by atoms with Gasteiger partial charge in [-0.1, -0.05) is 0 Å². The van der Waals surface area contributed by atoms with Crippen molar-refractivity contribution in [1.82, 2.24) is 14.7 Å². The van der Waals surface area contributed by atoms with Crippen LogP contribution in [0, 0.1) is 0 Å². The fraction of sp³-hybridized carbons (Fsp3) is 0.692. The number of carbonyl (C=O) groups excluding carboxylic acids is 1. The van der Waals surface area contributed by atoms with Gasteiger partial charge in [-0.25, -0.2) is 4.79 Å². The van der Waals surface area contributed by atoms with Crippen LogP contribution in [0.3, 0.4) is 0 Å². The first-order valence-corrected chi connectivity index (χ1v) is 6.53. The molecule has 0 unspecified atom stereocenters. The average Bonchev–Trinajstić information content (AvgIpc) is 2.68. The molecule has 0 saturated carbocycles. The summed E-state index contributed by atoms with van der Waals surface area (Å²) in [6.07, 6.45) is 2.34. The van der Waals surface area contributed by atoms with Gasteiger partial charge in [-0.05, 0) is 20.8 Å². The van der Waals surface area contributed by atoms with Crippen molar-refractivity contribution < 1.29 is 14.6 Å². The number of rotatable bonds is 2. The topological polar surface area (TPSA) is 67.6 Å². The summed E-state index contributed by atoms with van der Waals surface area (Å²) in [5.41, 5.74) is 1.57. The molecular weight excluding hydrogens is 246 g/mol. The molecule has 2 rings (SSSR count). The smallest absolute Gasteiger partial charge is 0.410 e. The predicted molar refractivity (Wildman–Crippen MR) is 69.7 cm³/mol. The number of hydrogen-bond donors (Lipinski definition) is 1. The molecule has 0 spiro atoms. The van der Waals surface area contributed by atoms with E-state index in [-0.39, 0.29) is 12.7 Å². The molecule has 0 fully saturated rings. The number of nitrogens with zero attached hydrogens (tertiary/aromatic N) is 3. The van der Waals surface area contributed by atoms with Gasteiger partial charge in [0.25, 0.3) is 0 Å². The van der Waals surface area contributed by atoms with E-state index < -0.39 is 5.60 Å². The molecule has 0 atom stereocenters. The third-order valence-electron chi connectivity index (χ3n) is 2.89. The van der Waals surface area contributed by atoms with Gasteiger partial charge in [0, 0.05) is 24.7 Å². The number of aromatic nitrogens is 2. The molecule has 6 heteroatoms. The van der Waals surface area contributed by atoms with E-state index in [1.807, 2.05) is 27.0 Å². The Morgan fingerprint density at radius 3 is 2.89 bits per heavy atom. The normalized spacial score (nSPS) is 15.3. The van der Waals surface area contributed by atoms with Crippen LogP contribution < -0.4 is 0 Å². The zero-order valence-corrected chi connectivity index (χ0v) is 11.7. The number of carbonyl (C=O) groups is 1. The summed E-state index contributed by atoms with van der Waals surface area (Å²) in [4.78, 5) is 13.7. The molecule has 0 aromatic carbocycles. The number of fused-ring (bicyclic) bond motifs is 1. The van der Waals surface area contributed by atoms with Crippen molar-refractivity contribution in [2.75, 3.05) is 13.2 Å². The first-order valence-electron chi connectivity index (χ1n) is 6.53. The lowest BCUT2D eigenvalue weighted by atomic mass is 10.1. The second-order valence-electron chi connectivity index (χ2n) is 5.74. The third-order valence-corrected chi connectivity index (χ3v) is 2.89. The molecule has 2 heterocycles. The summed E-state index contributed by atoms with van der Waals surface area (Å²) in [6.45, 7) is 7.28. The van der Waals surface area contributed by atoms with Gasteiger partial charge in [-0.15, -0.1) is 0 Å². The van der Waals surface area contributed by atoms with Crippen molar-refractivity contribution in [3.8, 4) is 0 Å². The van der Waals surface area contributed by atoms with Crippen molar-refractivity contribution in [3.63, 3.8) is 0 Å². The SMILES string of the molecule is CC(C)(C)OC(=O)N1CCc2nn(CCO)cc2C1. The fourth-order valence-corrected chi connectivity index (χ4v) is 2.07. The van der Waals surface area contributed by atoms with Gasteiger partial charge in [0.05, 0.1) is 25.4 Å². The molecule has 106 valence electrons. The van der Waals surface area contributed by atoms with Crippen LogP contribution in [0.4, 0.5) is 4.79 Å². The van der Waals surface area contributed by atoms with E-state index in [1.54, 1.807) is 9.58 Å². The second-order valence-corrected chi connectivity index (χ2v) is 5.74. The molecule has 0 saturated heterocycles. The Morgan fingerprint density at radius 2 is 2.26 bits per heavy atom. The molecule has 1 aromatic heterocycles. The number of amides is 1. The van der Waals surface area contributed by atoms with Crippen LogP contribution in [-0.4, -0.2) is 44.6 Å². The molecular formula is C13H21N3O3. The summed E-state index contributed by atoms with van der Waals surface area (Å²) >= 11 is 0. The van der Waals surface area contributed by atoms with Gasteiger partial charge in [0.1, 0.15) is 5.60 Å². The van der Waals surface area contributed by atoms with Crippen molar-refractivity contribution in [2.45, 2.75) is 45.9 Å². The van der Waals surface area contributed by atoms with Crippen LogP contribution in [0.15, 0.2) is 6.20 Å². The van der Waals surface area contributed by atoms with Crippen LogP contribution >= 0.6 is 0 Å². The molecule has 1 amide bonds. The highest BCUT2D eigenvalue weighted by atomic mass is 16.6. The second kappa shape index (κ2) is 5.21. The first kappa shape index (κ1) is 13.9. The molecule has 0 aliphatic carbocycles. The molecule has 0 radical (unpaired) electrons. The lowest BCUT2D eigenvalue weighted by Gasteiger charge is -2.29. The minimum Gasteiger partial charge on any atom is -0.444 e. The quantitative estimate of drug-likeness (QED) is 0.873. The van der Waals surface area contributed by atoms with E-state index in [2.05, 4.69) is 5.10 Å². The van der Waals surface area contributed by atoms with E-state index in [0.29, 0.717) is 19.6 Å². The van der Waals surface area contributed by atoms with Gasteiger partial charge < -0.3 is 14.7 Å². The average molecular weight is 267 g/mol. The summed E-state index contributed by atoms with van der Waals surface area (Å²) in [6, 6.07) is 0. The molecule has 1 aromatic rings.